The molecule has 37 heavy (non-hydrogen) atoms. The predicted molar refractivity (Wildman–Crippen MR) is 122 cm³/mol. The zero-order chi connectivity index (χ0) is 27.1. The smallest absolute Gasteiger partial charge is 0.416 e. The van der Waals surface area contributed by atoms with Gasteiger partial charge in [0.15, 0.2) is 0 Å². The number of aromatic amines is 1. The maximum Gasteiger partial charge on any atom is 0.416 e. The van der Waals surface area contributed by atoms with Gasteiger partial charge in [0, 0.05) is 11.4 Å². The molecule has 0 aliphatic carbocycles. The van der Waals surface area contributed by atoms with Crippen molar-refractivity contribution in [1.82, 2.24) is 14.8 Å². The molecule has 2 aromatic carbocycles. The Morgan fingerprint density at radius 3 is 2.65 bits per heavy atom. The lowest BCUT2D eigenvalue weighted by atomic mass is 9.88. The van der Waals surface area contributed by atoms with Crippen molar-refractivity contribution < 1.29 is 32.9 Å². The molecule has 1 aliphatic rings. The van der Waals surface area contributed by atoms with Crippen molar-refractivity contribution >= 4 is 17.6 Å². The molecule has 0 unspecified atom stereocenters. The number of allylic oxidation sites excluding steroid dienone is 1. The fourth-order valence-corrected chi connectivity index (χ4v) is 4.36. The van der Waals surface area contributed by atoms with E-state index < -0.39 is 42.2 Å². The number of carbonyl (C=O) groups is 1. The highest BCUT2D eigenvalue weighted by molar-refractivity contribution is 5.93. The van der Waals surface area contributed by atoms with Crippen LogP contribution in [0, 0.1) is 11.3 Å². The van der Waals surface area contributed by atoms with Crippen molar-refractivity contribution in [3.63, 3.8) is 0 Å². The molecule has 0 bridgehead atoms. The van der Waals surface area contributed by atoms with Crippen molar-refractivity contribution in [2.45, 2.75) is 25.2 Å². The number of nitrogens with zero attached hydrogens (tertiary/aromatic N) is 4. The van der Waals surface area contributed by atoms with Gasteiger partial charge in [-0.2, -0.15) is 18.4 Å². The number of nitriles is 1. The zero-order valence-corrected chi connectivity index (χ0v) is 19.4. The maximum absolute atomic E-state index is 13.4. The van der Waals surface area contributed by atoms with Crippen LogP contribution in [0.3, 0.4) is 0 Å². The van der Waals surface area contributed by atoms with Crippen LogP contribution in [0.5, 0.6) is 0 Å². The minimum atomic E-state index is -4.65. The highest BCUT2D eigenvalue weighted by Gasteiger charge is 2.41. The number of carbonyl (C=O) groups excluding carboxylic acids is 1. The van der Waals surface area contributed by atoms with E-state index in [0.717, 1.165) is 23.8 Å². The predicted octanol–water partition coefficient (Wildman–Crippen LogP) is 2.68. The largest absolute Gasteiger partial charge is 0.466 e. The number of aromatic nitrogens is 3. The molecule has 3 N–H and O–H groups in total. The summed E-state index contributed by atoms with van der Waals surface area (Å²) in [5.74, 6) is -1.03. The molecule has 2 heterocycles. The number of esters is 1. The molecule has 3 aromatic rings. The van der Waals surface area contributed by atoms with E-state index >= 15 is 0 Å². The van der Waals surface area contributed by atoms with Crippen LogP contribution >= 0.6 is 0 Å². The van der Waals surface area contributed by atoms with Crippen LogP contribution in [-0.4, -0.2) is 44.7 Å². The molecular formula is C24H20F3N5O5. The molecule has 0 spiro atoms. The number of aliphatic hydroxyl groups excluding tert-OH is 2. The number of H-pyrrole nitrogens is 1. The van der Waals surface area contributed by atoms with Crippen LogP contribution in [0.1, 0.15) is 41.3 Å². The quantitative estimate of drug-likeness (QED) is 0.440. The fourth-order valence-electron chi connectivity index (χ4n) is 4.36. The topological polar surface area (TPSA) is 144 Å². The Morgan fingerprint density at radius 1 is 1.30 bits per heavy atom. The van der Waals surface area contributed by atoms with Crippen LogP contribution < -0.4 is 10.6 Å². The molecule has 1 aromatic heterocycles. The number of methoxy groups -OCH3 is 1. The third-order valence-electron chi connectivity index (χ3n) is 6.02. The second kappa shape index (κ2) is 9.57. The second-order valence-corrected chi connectivity index (χ2v) is 8.13. The highest BCUT2D eigenvalue weighted by Crippen LogP contribution is 2.44. The summed E-state index contributed by atoms with van der Waals surface area (Å²) in [4.78, 5) is 27.3. The normalized spacial score (nSPS) is 16.3. The van der Waals surface area contributed by atoms with Crippen molar-refractivity contribution in [3.05, 3.63) is 86.5 Å². The van der Waals surface area contributed by atoms with Gasteiger partial charge in [-0.15, -0.1) is 5.10 Å². The first-order valence-electron chi connectivity index (χ1n) is 10.8. The average molecular weight is 515 g/mol. The van der Waals surface area contributed by atoms with Gasteiger partial charge in [-0.25, -0.2) is 19.3 Å². The van der Waals surface area contributed by atoms with Crippen LogP contribution in [0.4, 0.5) is 24.8 Å². The molecule has 192 valence electrons. The van der Waals surface area contributed by atoms with E-state index in [1.807, 2.05) is 6.07 Å². The van der Waals surface area contributed by atoms with Crippen molar-refractivity contribution in [3.8, 4) is 6.07 Å². The van der Waals surface area contributed by atoms with E-state index in [1.54, 1.807) is 0 Å². The number of fused-ring (bicyclic) bond motifs is 1. The summed E-state index contributed by atoms with van der Waals surface area (Å²) < 4.78 is 46.3. The Kier molecular flexibility index (Phi) is 6.64. The number of rotatable bonds is 5. The number of halogens is 3. The highest BCUT2D eigenvalue weighted by atomic mass is 19.4. The maximum atomic E-state index is 13.4. The van der Waals surface area contributed by atoms with Gasteiger partial charge in [0.2, 0.25) is 5.95 Å². The third kappa shape index (κ3) is 4.37. The van der Waals surface area contributed by atoms with E-state index in [0.29, 0.717) is 0 Å². The fraction of sp³-hybridized carbons (Fsp3) is 0.250. The first-order chi connectivity index (χ1) is 17.5. The van der Waals surface area contributed by atoms with Gasteiger partial charge in [0.25, 0.3) is 0 Å². The molecule has 0 fully saturated rings. The zero-order valence-electron chi connectivity index (χ0n) is 19.4. The van der Waals surface area contributed by atoms with E-state index in [4.69, 9.17) is 4.74 Å². The van der Waals surface area contributed by atoms with Crippen LogP contribution in [-0.2, 0) is 15.7 Å². The first kappa shape index (κ1) is 25.7. The van der Waals surface area contributed by atoms with Gasteiger partial charge in [0.1, 0.15) is 12.1 Å². The van der Waals surface area contributed by atoms with Gasteiger partial charge in [0.05, 0.1) is 36.5 Å². The minimum Gasteiger partial charge on any atom is -0.466 e. The average Bonchev–Trinajstić information content (AvgIpc) is 3.26. The first-order valence-corrected chi connectivity index (χ1v) is 10.8. The van der Waals surface area contributed by atoms with E-state index in [2.05, 4.69) is 10.2 Å². The Labute approximate surface area is 207 Å². The lowest BCUT2D eigenvalue weighted by Gasteiger charge is -2.36. The molecule has 2 atom stereocenters. The lowest BCUT2D eigenvalue weighted by Crippen LogP contribution is -2.38. The summed E-state index contributed by atoms with van der Waals surface area (Å²) in [5, 5.41) is 35.7. The number of nitrogens with one attached hydrogen (secondary N) is 1. The molecule has 0 saturated carbocycles. The second-order valence-electron chi connectivity index (χ2n) is 8.13. The van der Waals surface area contributed by atoms with Gasteiger partial charge in [-0.3, -0.25) is 4.90 Å². The molecule has 0 radical (unpaired) electrons. The molecule has 13 heteroatoms. The van der Waals surface area contributed by atoms with Crippen molar-refractivity contribution in [1.29, 1.82) is 5.26 Å². The Morgan fingerprint density at radius 2 is 2.03 bits per heavy atom. The Bertz CT molecular complexity index is 1500. The van der Waals surface area contributed by atoms with Gasteiger partial charge in [-0.1, -0.05) is 12.1 Å². The van der Waals surface area contributed by atoms with Crippen molar-refractivity contribution in [2.75, 3.05) is 18.6 Å². The van der Waals surface area contributed by atoms with Gasteiger partial charge in [-0.05, 0) is 48.4 Å². The number of aliphatic hydroxyl groups is 2. The summed E-state index contributed by atoms with van der Waals surface area (Å²) in [5.41, 5.74) is -1.43. The molecule has 4 rings (SSSR count). The summed E-state index contributed by atoms with van der Waals surface area (Å²) in [6, 6.07) is 9.05. The standard InChI is InChI=1S/C24H20F3N5O5/c1-12-19(21(35)37-2)20(16-7-6-13(10-28)8-17(16)18(34)11-33)32-22(29-30-23(32)36)31(12)15-5-3-4-14(9-15)24(25,26)27/h3-9,18,20,33-34H,11H2,1-2H3,(H,30,36)/t18-,20+/m0/s1. The Hall–Kier alpha value is -4.41. The van der Waals surface area contributed by atoms with Gasteiger partial charge < -0.3 is 14.9 Å². The summed E-state index contributed by atoms with van der Waals surface area (Å²) >= 11 is 0. The Balaban J connectivity index is 2.05. The number of alkyl halides is 3. The third-order valence-corrected chi connectivity index (χ3v) is 6.02. The van der Waals surface area contributed by atoms with E-state index in [-0.39, 0.29) is 39.6 Å². The van der Waals surface area contributed by atoms with E-state index in [9.17, 15) is 38.2 Å². The monoisotopic (exact) mass is 515 g/mol. The summed E-state index contributed by atoms with van der Waals surface area (Å²) in [7, 11) is 1.10. The molecular weight excluding hydrogens is 495 g/mol. The van der Waals surface area contributed by atoms with Crippen LogP contribution in [0.25, 0.3) is 0 Å². The lowest BCUT2D eigenvalue weighted by molar-refractivity contribution is -0.138. The molecule has 0 amide bonds. The van der Waals surface area contributed by atoms with Crippen LogP contribution in [0.15, 0.2) is 58.5 Å². The summed E-state index contributed by atoms with van der Waals surface area (Å²) in [6.07, 6.45) is -6.13. The molecule has 1 aliphatic heterocycles. The van der Waals surface area contributed by atoms with Crippen LogP contribution in [0.2, 0.25) is 0 Å². The molecule has 0 saturated heterocycles. The minimum absolute atomic E-state index is 0.0251. The number of benzene rings is 2. The number of anilines is 2. The SMILES string of the molecule is COC(=O)C1=C(C)N(c2cccc(C(F)(F)F)c2)c2n[nH]c(=O)n2[C@@H]1c1ccc(C#N)cc1[C@@H](O)CO. The number of ether oxygens (including phenoxy) is 1. The molecule has 10 nitrogen and oxygen atoms in total. The van der Waals surface area contributed by atoms with E-state index in [1.165, 1.54) is 42.2 Å². The van der Waals surface area contributed by atoms with Gasteiger partial charge >= 0.3 is 17.8 Å². The number of hydrogen-bond acceptors (Lipinski definition) is 8. The summed E-state index contributed by atoms with van der Waals surface area (Å²) in [6.45, 7) is 0.725. The van der Waals surface area contributed by atoms with Crippen molar-refractivity contribution in [2.24, 2.45) is 0 Å². The number of hydrogen-bond donors (Lipinski definition) is 3.